The van der Waals surface area contributed by atoms with Gasteiger partial charge in [-0.3, -0.25) is 9.59 Å². The average Bonchev–Trinajstić information content (AvgIpc) is 2.21. The van der Waals surface area contributed by atoms with Gasteiger partial charge in [-0.1, -0.05) is 32.6 Å². The van der Waals surface area contributed by atoms with Crippen LogP contribution in [0.15, 0.2) is 0 Å². The molecule has 3 N–H and O–H groups in total. The first kappa shape index (κ1) is 17.8. The van der Waals surface area contributed by atoms with Gasteiger partial charge >= 0.3 is 5.97 Å². The van der Waals surface area contributed by atoms with Crippen molar-refractivity contribution >= 4 is 24.2 Å². The molecule has 0 saturated heterocycles. The SMILES string of the molecule is CCCCCCC(CC(=O)CN)C(=O)O.Cl. The molecule has 0 fully saturated rings. The van der Waals surface area contributed by atoms with Crippen molar-refractivity contribution in [3.05, 3.63) is 0 Å². The Hall–Kier alpha value is -0.610. The van der Waals surface area contributed by atoms with Gasteiger partial charge in [0.05, 0.1) is 12.5 Å². The molecule has 0 heterocycles. The lowest BCUT2D eigenvalue weighted by atomic mass is 9.95. The highest BCUT2D eigenvalue weighted by molar-refractivity contribution is 5.85. The van der Waals surface area contributed by atoms with Crippen molar-refractivity contribution in [1.82, 2.24) is 0 Å². The fourth-order valence-electron chi connectivity index (χ4n) is 1.49. The molecule has 0 spiro atoms. The van der Waals surface area contributed by atoms with E-state index in [0.29, 0.717) is 6.42 Å². The Morgan fingerprint density at radius 3 is 2.31 bits per heavy atom. The summed E-state index contributed by atoms with van der Waals surface area (Å²) in [5.74, 6) is -1.59. The van der Waals surface area contributed by atoms with Gasteiger partial charge in [0, 0.05) is 6.42 Å². The van der Waals surface area contributed by atoms with Crippen LogP contribution in [-0.2, 0) is 9.59 Å². The summed E-state index contributed by atoms with van der Waals surface area (Å²) in [7, 11) is 0. The van der Waals surface area contributed by atoms with E-state index in [4.69, 9.17) is 10.8 Å². The molecule has 1 atom stereocenters. The number of aliphatic carboxylic acids is 1. The summed E-state index contributed by atoms with van der Waals surface area (Å²) in [4.78, 5) is 21.8. The van der Waals surface area contributed by atoms with E-state index in [2.05, 4.69) is 6.92 Å². The maximum atomic E-state index is 11.0. The molecular weight excluding hydrogens is 230 g/mol. The number of Topliss-reactive ketones (excluding diaryl/α,β-unsaturated/α-hetero) is 1. The number of carboxylic acid groups (broad SMARTS) is 1. The first-order chi connectivity index (χ1) is 7.11. The highest BCUT2D eigenvalue weighted by Gasteiger charge is 2.19. The molecule has 0 bridgehead atoms. The first-order valence-corrected chi connectivity index (χ1v) is 5.56. The van der Waals surface area contributed by atoms with Crippen LogP contribution in [0.4, 0.5) is 0 Å². The van der Waals surface area contributed by atoms with E-state index in [1.54, 1.807) is 0 Å². The third-order valence-electron chi connectivity index (χ3n) is 2.46. The van der Waals surface area contributed by atoms with Gasteiger partial charge in [0.2, 0.25) is 0 Å². The van der Waals surface area contributed by atoms with Crippen molar-refractivity contribution in [3.63, 3.8) is 0 Å². The standard InChI is InChI=1S/C11H21NO3.ClH/c1-2-3-4-5-6-9(11(14)15)7-10(13)8-12;/h9H,2-8,12H2,1H3,(H,14,15);1H. The van der Waals surface area contributed by atoms with Crippen LogP contribution in [0.5, 0.6) is 0 Å². The summed E-state index contributed by atoms with van der Waals surface area (Å²) in [5, 5.41) is 8.88. The van der Waals surface area contributed by atoms with Gasteiger partial charge < -0.3 is 10.8 Å². The van der Waals surface area contributed by atoms with Crippen molar-refractivity contribution in [2.45, 2.75) is 45.4 Å². The van der Waals surface area contributed by atoms with Crippen LogP contribution in [0.2, 0.25) is 0 Å². The molecule has 16 heavy (non-hydrogen) atoms. The quantitative estimate of drug-likeness (QED) is 0.614. The molecule has 0 saturated carbocycles. The van der Waals surface area contributed by atoms with Gasteiger partial charge in [-0.25, -0.2) is 0 Å². The highest BCUT2D eigenvalue weighted by Crippen LogP contribution is 2.15. The topological polar surface area (TPSA) is 80.4 Å². The van der Waals surface area contributed by atoms with Gasteiger partial charge in [0.1, 0.15) is 5.78 Å². The summed E-state index contributed by atoms with van der Waals surface area (Å²) in [6, 6.07) is 0. The molecule has 0 aromatic heterocycles. The predicted octanol–water partition coefficient (Wildman–Crippen LogP) is 2.00. The highest BCUT2D eigenvalue weighted by atomic mass is 35.5. The number of hydrogen-bond acceptors (Lipinski definition) is 3. The van der Waals surface area contributed by atoms with Gasteiger partial charge in [0.15, 0.2) is 0 Å². The first-order valence-electron chi connectivity index (χ1n) is 5.56. The zero-order valence-corrected chi connectivity index (χ0v) is 10.6. The van der Waals surface area contributed by atoms with Gasteiger partial charge in [-0.05, 0) is 6.42 Å². The Bertz CT molecular complexity index is 209. The number of ketones is 1. The molecule has 0 radical (unpaired) electrons. The fraction of sp³-hybridized carbons (Fsp3) is 0.818. The number of rotatable bonds is 9. The van der Waals surface area contributed by atoms with E-state index in [1.165, 1.54) is 0 Å². The molecule has 4 nitrogen and oxygen atoms in total. The largest absolute Gasteiger partial charge is 0.481 e. The van der Waals surface area contributed by atoms with E-state index in [0.717, 1.165) is 25.7 Å². The van der Waals surface area contributed by atoms with E-state index in [1.807, 2.05) is 0 Å². The second-order valence-electron chi connectivity index (χ2n) is 3.83. The smallest absolute Gasteiger partial charge is 0.306 e. The minimum absolute atomic E-state index is 0. The zero-order chi connectivity index (χ0) is 11.7. The Labute approximate surface area is 103 Å². The third-order valence-corrected chi connectivity index (χ3v) is 2.46. The molecule has 5 heteroatoms. The molecule has 0 aliphatic carbocycles. The third kappa shape index (κ3) is 8.68. The predicted molar refractivity (Wildman–Crippen MR) is 65.8 cm³/mol. The van der Waals surface area contributed by atoms with Crippen LogP contribution in [0.3, 0.4) is 0 Å². The fourth-order valence-corrected chi connectivity index (χ4v) is 1.49. The Kier molecular flexibility index (Phi) is 12.1. The summed E-state index contributed by atoms with van der Waals surface area (Å²) < 4.78 is 0. The number of unbranched alkanes of at least 4 members (excludes halogenated alkanes) is 3. The second kappa shape index (κ2) is 10.9. The number of nitrogens with two attached hydrogens (primary N) is 1. The number of hydrogen-bond donors (Lipinski definition) is 2. The lowest BCUT2D eigenvalue weighted by molar-refractivity contribution is -0.143. The lowest BCUT2D eigenvalue weighted by Crippen LogP contribution is -2.22. The van der Waals surface area contributed by atoms with Crippen molar-refractivity contribution in [1.29, 1.82) is 0 Å². The Morgan fingerprint density at radius 2 is 1.88 bits per heavy atom. The van der Waals surface area contributed by atoms with Crippen molar-refractivity contribution in [2.75, 3.05) is 6.54 Å². The summed E-state index contributed by atoms with van der Waals surface area (Å²) in [6.45, 7) is 2.05. The van der Waals surface area contributed by atoms with E-state index in [9.17, 15) is 9.59 Å². The number of carboxylic acids is 1. The van der Waals surface area contributed by atoms with Crippen LogP contribution in [0.25, 0.3) is 0 Å². The van der Waals surface area contributed by atoms with E-state index in [-0.39, 0.29) is 31.2 Å². The molecule has 0 rings (SSSR count). The minimum Gasteiger partial charge on any atom is -0.481 e. The van der Waals surface area contributed by atoms with Crippen LogP contribution in [0, 0.1) is 5.92 Å². The monoisotopic (exact) mass is 251 g/mol. The van der Waals surface area contributed by atoms with Gasteiger partial charge in [0.25, 0.3) is 0 Å². The number of carbonyl (C=O) groups is 2. The van der Waals surface area contributed by atoms with Gasteiger partial charge in [-0.15, -0.1) is 12.4 Å². The second-order valence-corrected chi connectivity index (χ2v) is 3.83. The van der Waals surface area contributed by atoms with Crippen molar-refractivity contribution < 1.29 is 14.7 Å². The van der Waals surface area contributed by atoms with Crippen molar-refractivity contribution in [3.8, 4) is 0 Å². The lowest BCUT2D eigenvalue weighted by Gasteiger charge is -2.10. The van der Waals surface area contributed by atoms with E-state index >= 15 is 0 Å². The van der Waals surface area contributed by atoms with Crippen LogP contribution in [0.1, 0.15) is 45.4 Å². The maximum Gasteiger partial charge on any atom is 0.306 e. The minimum atomic E-state index is -0.881. The zero-order valence-electron chi connectivity index (χ0n) is 9.78. The molecular formula is C11H22ClNO3. The molecule has 0 aliphatic heterocycles. The molecule has 96 valence electrons. The normalized spacial score (nSPS) is 11.6. The summed E-state index contributed by atoms with van der Waals surface area (Å²) >= 11 is 0. The number of halogens is 1. The number of carbonyl (C=O) groups excluding carboxylic acids is 1. The molecule has 1 unspecified atom stereocenters. The van der Waals surface area contributed by atoms with Crippen LogP contribution in [-0.4, -0.2) is 23.4 Å². The molecule has 0 aromatic rings. The molecule has 0 aliphatic rings. The maximum absolute atomic E-state index is 11.0. The Balaban J connectivity index is 0. The Morgan fingerprint density at radius 1 is 1.25 bits per heavy atom. The molecule has 0 aromatic carbocycles. The van der Waals surface area contributed by atoms with Crippen LogP contribution >= 0.6 is 12.4 Å². The van der Waals surface area contributed by atoms with Gasteiger partial charge in [-0.2, -0.15) is 0 Å². The molecule has 0 amide bonds. The van der Waals surface area contributed by atoms with Crippen molar-refractivity contribution in [2.24, 2.45) is 11.7 Å². The van der Waals surface area contributed by atoms with E-state index < -0.39 is 11.9 Å². The summed E-state index contributed by atoms with van der Waals surface area (Å²) in [5.41, 5.74) is 5.15. The average molecular weight is 252 g/mol. The summed E-state index contributed by atoms with van der Waals surface area (Å²) in [6.07, 6.45) is 4.83. The van der Waals surface area contributed by atoms with Crippen LogP contribution < -0.4 is 5.73 Å².